The van der Waals surface area contributed by atoms with Crippen molar-refractivity contribution in [2.45, 2.75) is 44.3 Å². The Morgan fingerprint density at radius 2 is 2.06 bits per heavy atom. The van der Waals surface area contributed by atoms with Crippen molar-refractivity contribution in [3.05, 3.63) is 35.9 Å². The van der Waals surface area contributed by atoms with Gasteiger partial charge in [-0.2, -0.15) is 5.06 Å². The molecule has 1 heterocycles. The Morgan fingerprint density at radius 3 is 2.76 bits per heavy atom. The van der Waals surface area contributed by atoms with E-state index in [2.05, 4.69) is 6.92 Å². The maximum absolute atomic E-state index is 10.4. The molecule has 3 heteroatoms. The van der Waals surface area contributed by atoms with Gasteiger partial charge in [-0.15, -0.1) is 0 Å². The molecule has 90 valence electrons. The van der Waals surface area contributed by atoms with Crippen LogP contribution in [0.25, 0.3) is 0 Å². The van der Waals surface area contributed by atoms with Crippen LogP contribution in [0.1, 0.15) is 44.3 Å². The first kappa shape index (κ1) is 10.9. The van der Waals surface area contributed by atoms with Crippen molar-refractivity contribution in [2.75, 3.05) is 0 Å². The quantitative estimate of drug-likeness (QED) is 0.804. The van der Waals surface area contributed by atoms with Crippen LogP contribution in [0.3, 0.4) is 0 Å². The third kappa shape index (κ3) is 1.61. The fourth-order valence-electron chi connectivity index (χ4n) is 2.94. The summed E-state index contributed by atoms with van der Waals surface area (Å²) in [4.78, 5) is 4.73. The third-order valence-electron chi connectivity index (χ3n) is 4.06. The van der Waals surface area contributed by atoms with Gasteiger partial charge in [0, 0.05) is 5.71 Å². The van der Waals surface area contributed by atoms with Crippen LogP contribution in [0.15, 0.2) is 35.3 Å². The van der Waals surface area contributed by atoms with E-state index in [1.807, 2.05) is 30.3 Å². The molecule has 0 unspecified atom stereocenters. The van der Waals surface area contributed by atoms with Gasteiger partial charge in [0.1, 0.15) is 0 Å². The molecule has 3 nitrogen and oxygen atoms in total. The average molecular weight is 230 g/mol. The summed E-state index contributed by atoms with van der Waals surface area (Å²) in [6.45, 7) is 2.11. The molecule has 3 rings (SSSR count). The van der Waals surface area contributed by atoms with E-state index in [9.17, 15) is 5.21 Å². The van der Waals surface area contributed by atoms with Crippen LogP contribution in [0.2, 0.25) is 0 Å². The lowest BCUT2D eigenvalue weighted by Crippen LogP contribution is -2.48. The van der Waals surface area contributed by atoms with Gasteiger partial charge in [0.25, 0.3) is 0 Å². The summed E-state index contributed by atoms with van der Waals surface area (Å²) in [5.41, 5.74) is 2.00. The van der Waals surface area contributed by atoms with Crippen LogP contribution in [-0.2, 0) is 0 Å². The van der Waals surface area contributed by atoms with E-state index < -0.39 is 0 Å². The maximum atomic E-state index is 10.4. The van der Waals surface area contributed by atoms with E-state index in [1.54, 1.807) is 0 Å². The molecule has 17 heavy (non-hydrogen) atoms. The number of hydrogen-bond donors (Lipinski definition) is 1. The first-order valence-electron chi connectivity index (χ1n) is 6.32. The molecule has 1 aliphatic carbocycles. The topological polar surface area (TPSA) is 35.8 Å². The summed E-state index contributed by atoms with van der Waals surface area (Å²) in [7, 11) is 0. The van der Waals surface area contributed by atoms with Gasteiger partial charge in [0.2, 0.25) is 0 Å². The molecular weight excluding hydrogens is 212 g/mol. The second-order valence-electron chi connectivity index (χ2n) is 5.19. The summed E-state index contributed by atoms with van der Waals surface area (Å²) in [5.74, 6) is 0. The van der Waals surface area contributed by atoms with E-state index in [1.165, 1.54) is 23.6 Å². The molecule has 1 aliphatic heterocycles. The SMILES string of the molecule is C[C@@]12CCCCC1=N[C@@H](c1ccccc1)N2O. The largest absolute Gasteiger partial charge is 0.311 e. The van der Waals surface area contributed by atoms with Gasteiger partial charge >= 0.3 is 0 Å². The van der Waals surface area contributed by atoms with Crippen LogP contribution in [0, 0.1) is 0 Å². The number of benzene rings is 1. The molecule has 0 aromatic heterocycles. The minimum Gasteiger partial charge on any atom is -0.311 e. The highest BCUT2D eigenvalue weighted by Crippen LogP contribution is 2.42. The van der Waals surface area contributed by atoms with E-state index in [0.29, 0.717) is 0 Å². The monoisotopic (exact) mass is 230 g/mol. The van der Waals surface area contributed by atoms with E-state index >= 15 is 0 Å². The number of rotatable bonds is 1. The van der Waals surface area contributed by atoms with Gasteiger partial charge in [-0.25, -0.2) is 0 Å². The molecular formula is C14H18N2O. The van der Waals surface area contributed by atoms with E-state index in [4.69, 9.17) is 4.99 Å². The number of hydrogen-bond acceptors (Lipinski definition) is 3. The molecule has 0 saturated heterocycles. The normalized spacial score (nSPS) is 33.3. The Morgan fingerprint density at radius 1 is 1.29 bits per heavy atom. The lowest BCUT2D eigenvalue weighted by molar-refractivity contribution is -0.168. The second kappa shape index (κ2) is 3.93. The van der Waals surface area contributed by atoms with Gasteiger partial charge in [-0.3, -0.25) is 4.99 Å². The summed E-state index contributed by atoms with van der Waals surface area (Å²) in [6.07, 6.45) is 4.19. The summed E-state index contributed by atoms with van der Waals surface area (Å²) in [5, 5.41) is 11.9. The van der Waals surface area contributed by atoms with Crippen LogP contribution in [0.4, 0.5) is 0 Å². The Hall–Kier alpha value is -1.19. The minimum absolute atomic E-state index is 0.214. The molecule has 2 atom stereocenters. The summed E-state index contributed by atoms with van der Waals surface area (Å²) < 4.78 is 0. The van der Waals surface area contributed by atoms with Gasteiger partial charge in [0.15, 0.2) is 6.17 Å². The van der Waals surface area contributed by atoms with Crippen molar-refractivity contribution in [1.82, 2.24) is 5.06 Å². The maximum Gasteiger partial charge on any atom is 0.151 e. The molecule has 1 fully saturated rings. The molecule has 0 bridgehead atoms. The van der Waals surface area contributed by atoms with Gasteiger partial charge in [-0.1, -0.05) is 36.8 Å². The molecule has 0 radical (unpaired) electrons. The number of hydroxylamine groups is 2. The molecule has 0 spiro atoms. The zero-order chi connectivity index (χ0) is 11.9. The lowest BCUT2D eigenvalue weighted by Gasteiger charge is -2.36. The summed E-state index contributed by atoms with van der Waals surface area (Å²) >= 11 is 0. The smallest absolute Gasteiger partial charge is 0.151 e. The Bertz CT molecular complexity index is 443. The van der Waals surface area contributed by atoms with Crippen molar-refractivity contribution in [3.63, 3.8) is 0 Å². The molecule has 1 aromatic rings. The number of nitrogens with zero attached hydrogens (tertiary/aromatic N) is 2. The molecule has 1 N–H and O–H groups in total. The predicted octanol–water partition coefficient (Wildman–Crippen LogP) is 3.16. The lowest BCUT2D eigenvalue weighted by atomic mass is 9.82. The molecule has 1 saturated carbocycles. The average Bonchev–Trinajstić information content (AvgIpc) is 2.64. The first-order chi connectivity index (χ1) is 8.22. The van der Waals surface area contributed by atoms with E-state index in [-0.39, 0.29) is 11.7 Å². The summed E-state index contributed by atoms with van der Waals surface area (Å²) in [6, 6.07) is 10.0. The van der Waals surface area contributed by atoms with Crippen LogP contribution in [0.5, 0.6) is 0 Å². The number of aliphatic imine (C=N–C) groups is 1. The molecule has 0 amide bonds. The minimum atomic E-state index is -0.237. The second-order valence-corrected chi connectivity index (χ2v) is 5.19. The first-order valence-corrected chi connectivity index (χ1v) is 6.32. The van der Waals surface area contributed by atoms with E-state index in [0.717, 1.165) is 18.4 Å². The predicted molar refractivity (Wildman–Crippen MR) is 67.1 cm³/mol. The van der Waals surface area contributed by atoms with Crippen molar-refractivity contribution in [3.8, 4) is 0 Å². The van der Waals surface area contributed by atoms with Crippen molar-refractivity contribution in [2.24, 2.45) is 4.99 Å². The van der Waals surface area contributed by atoms with Crippen molar-refractivity contribution < 1.29 is 5.21 Å². The van der Waals surface area contributed by atoms with Crippen LogP contribution in [-0.4, -0.2) is 21.5 Å². The zero-order valence-corrected chi connectivity index (χ0v) is 10.1. The Kier molecular flexibility index (Phi) is 2.53. The van der Waals surface area contributed by atoms with Crippen molar-refractivity contribution in [1.29, 1.82) is 0 Å². The van der Waals surface area contributed by atoms with Gasteiger partial charge in [-0.05, 0) is 31.7 Å². The highest BCUT2D eigenvalue weighted by molar-refractivity contribution is 5.95. The highest BCUT2D eigenvalue weighted by Gasteiger charge is 2.47. The number of fused-ring (bicyclic) bond motifs is 1. The van der Waals surface area contributed by atoms with Gasteiger partial charge in [0.05, 0.1) is 5.54 Å². The van der Waals surface area contributed by atoms with Crippen LogP contribution < -0.4 is 0 Å². The standard InChI is InChI=1S/C14H18N2O/c1-14-10-6-5-9-12(14)15-13(16(14)17)11-7-3-2-4-8-11/h2-4,7-8,13,17H,5-6,9-10H2,1H3/t13-,14-/m1/s1. The molecule has 1 aromatic carbocycles. The fraction of sp³-hybridized carbons (Fsp3) is 0.500. The Balaban J connectivity index is 1.97. The van der Waals surface area contributed by atoms with Crippen LogP contribution >= 0.6 is 0 Å². The zero-order valence-electron chi connectivity index (χ0n) is 10.1. The third-order valence-corrected chi connectivity index (χ3v) is 4.06. The Labute approximate surface area is 102 Å². The highest BCUT2D eigenvalue weighted by atomic mass is 16.5. The fourth-order valence-corrected chi connectivity index (χ4v) is 2.94. The molecule has 2 aliphatic rings. The van der Waals surface area contributed by atoms with Crippen molar-refractivity contribution >= 4 is 5.71 Å². The van der Waals surface area contributed by atoms with Gasteiger partial charge < -0.3 is 5.21 Å².